The quantitative estimate of drug-likeness (QED) is 0.806. The van der Waals surface area contributed by atoms with Gasteiger partial charge in [-0.05, 0) is 38.3 Å². The van der Waals surface area contributed by atoms with Crippen molar-refractivity contribution in [2.24, 2.45) is 0 Å². The Labute approximate surface area is 120 Å². The van der Waals surface area contributed by atoms with Crippen LogP contribution in [-0.4, -0.2) is 42.6 Å². The van der Waals surface area contributed by atoms with Crippen LogP contribution in [0.1, 0.15) is 26.2 Å². The van der Waals surface area contributed by atoms with Gasteiger partial charge in [0.05, 0.1) is 6.61 Å². The highest BCUT2D eigenvalue weighted by Gasteiger charge is 2.06. The van der Waals surface area contributed by atoms with E-state index in [0.717, 1.165) is 38.3 Å². The molecule has 0 bridgehead atoms. The molecule has 0 radical (unpaired) electrons. The van der Waals surface area contributed by atoms with E-state index in [1.165, 1.54) is 12.8 Å². The molecule has 2 rings (SSSR count). The first-order chi connectivity index (χ1) is 9.78. The van der Waals surface area contributed by atoms with Crippen LogP contribution < -0.4 is 0 Å². The Balaban J connectivity index is 0.000000315. The molecule has 0 aromatic carbocycles. The van der Waals surface area contributed by atoms with Gasteiger partial charge in [0.1, 0.15) is 5.76 Å². The number of hydrogen-bond donors (Lipinski definition) is 1. The number of likely N-dealkylation sites (tertiary alicyclic amines) is 1. The number of carboxylic acid groups (broad SMARTS) is 1. The monoisotopic (exact) mass is 281 g/mol. The zero-order chi connectivity index (χ0) is 15.1. The molecule has 1 heterocycles. The van der Waals surface area contributed by atoms with Crippen LogP contribution in [-0.2, 0) is 14.3 Å². The molecule has 0 spiro atoms. The molecule has 0 atom stereocenters. The van der Waals surface area contributed by atoms with Crippen molar-refractivity contribution in [3.05, 3.63) is 36.1 Å². The fourth-order valence-corrected chi connectivity index (χ4v) is 1.68. The minimum atomic E-state index is -0.250. The highest BCUT2D eigenvalue weighted by atomic mass is 16.5. The lowest BCUT2D eigenvalue weighted by Gasteiger charge is -2.03. The average Bonchev–Trinajstić information content (AvgIpc) is 2.86. The summed E-state index contributed by atoms with van der Waals surface area (Å²) in [5, 5.41) is 6.89. The second kappa shape index (κ2) is 13.4. The van der Waals surface area contributed by atoms with Crippen LogP contribution in [0.25, 0.3) is 0 Å². The van der Waals surface area contributed by atoms with Gasteiger partial charge < -0.3 is 14.7 Å². The van der Waals surface area contributed by atoms with Crippen molar-refractivity contribution in [1.29, 1.82) is 0 Å². The molecule has 2 aliphatic rings. The second-order valence-corrected chi connectivity index (χ2v) is 4.02. The summed E-state index contributed by atoms with van der Waals surface area (Å²) in [6, 6.07) is 0. The number of carbonyl (C=O) groups is 2. The summed E-state index contributed by atoms with van der Waals surface area (Å²) in [5.41, 5.74) is 0. The zero-order valence-corrected chi connectivity index (χ0v) is 11.9. The first kappa shape index (κ1) is 18.0. The molecule has 5 nitrogen and oxygen atoms in total. The van der Waals surface area contributed by atoms with Crippen molar-refractivity contribution >= 4 is 12.9 Å². The van der Waals surface area contributed by atoms with Gasteiger partial charge in [0.2, 0.25) is 6.41 Å². The molecule has 1 aliphatic carbocycles. The number of amides is 1. The average molecular weight is 281 g/mol. The summed E-state index contributed by atoms with van der Waals surface area (Å²) < 4.78 is 5.30. The van der Waals surface area contributed by atoms with Crippen molar-refractivity contribution < 1.29 is 19.4 Å². The second-order valence-electron chi connectivity index (χ2n) is 4.02. The first-order valence-electron chi connectivity index (χ1n) is 6.71. The number of carbonyl (C=O) groups excluding carboxylic acids is 1. The standard InChI is InChI=1S/C9H12O.C5H9NO.CH2O2/c1-2-10-9-7-5-3-4-6-8-9;7-5-6-3-1-2-4-6;2-1-3/h3-5,7-8H,2,6H2,1H3;5H,1-4H2;1H,(H,2,3). The fourth-order valence-electron chi connectivity index (χ4n) is 1.68. The van der Waals surface area contributed by atoms with Gasteiger partial charge in [-0.25, -0.2) is 0 Å². The summed E-state index contributed by atoms with van der Waals surface area (Å²) in [7, 11) is 0. The van der Waals surface area contributed by atoms with Gasteiger partial charge in [-0.1, -0.05) is 18.2 Å². The molecular weight excluding hydrogens is 258 g/mol. The third-order valence-corrected chi connectivity index (χ3v) is 2.56. The van der Waals surface area contributed by atoms with Crippen molar-refractivity contribution in [1.82, 2.24) is 4.90 Å². The van der Waals surface area contributed by atoms with Crippen molar-refractivity contribution in [3.8, 4) is 0 Å². The van der Waals surface area contributed by atoms with Gasteiger partial charge in [-0.3, -0.25) is 9.59 Å². The van der Waals surface area contributed by atoms with Crippen LogP contribution in [0.5, 0.6) is 0 Å². The number of allylic oxidation sites excluding steroid dienone is 5. The molecule has 0 unspecified atom stereocenters. The highest BCUT2D eigenvalue weighted by Crippen LogP contribution is 2.05. The van der Waals surface area contributed by atoms with E-state index in [1.807, 2.05) is 25.2 Å². The van der Waals surface area contributed by atoms with E-state index in [0.29, 0.717) is 0 Å². The molecule has 20 heavy (non-hydrogen) atoms. The van der Waals surface area contributed by atoms with Crippen molar-refractivity contribution in [3.63, 3.8) is 0 Å². The number of hydrogen-bond acceptors (Lipinski definition) is 3. The highest BCUT2D eigenvalue weighted by molar-refractivity contribution is 5.47. The summed E-state index contributed by atoms with van der Waals surface area (Å²) in [5.74, 6) is 0.979. The van der Waals surface area contributed by atoms with Gasteiger partial charge in [0.15, 0.2) is 0 Å². The minimum Gasteiger partial charge on any atom is -0.494 e. The summed E-state index contributed by atoms with van der Waals surface area (Å²) in [6.45, 7) is 4.44. The molecule has 1 fully saturated rings. The van der Waals surface area contributed by atoms with E-state index in [1.54, 1.807) is 4.90 Å². The number of rotatable bonds is 3. The summed E-state index contributed by atoms with van der Waals surface area (Å²) >= 11 is 0. The molecule has 1 saturated heterocycles. The van der Waals surface area contributed by atoms with Crippen LogP contribution in [0.15, 0.2) is 36.1 Å². The molecular formula is C15H23NO4. The molecule has 0 saturated carbocycles. The predicted octanol–water partition coefficient (Wildman–Crippen LogP) is 2.36. The third kappa shape index (κ3) is 9.94. The molecule has 1 amide bonds. The Bertz CT molecular complexity index is 342. The van der Waals surface area contributed by atoms with Crippen LogP contribution >= 0.6 is 0 Å². The molecule has 5 heteroatoms. The number of ether oxygens (including phenoxy) is 1. The van der Waals surface area contributed by atoms with Crippen LogP contribution in [0, 0.1) is 0 Å². The predicted molar refractivity (Wildman–Crippen MR) is 78.2 cm³/mol. The first-order valence-corrected chi connectivity index (χ1v) is 6.71. The Morgan fingerprint density at radius 2 is 1.95 bits per heavy atom. The molecule has 1 aliphatic heterocycles. The van der Waals surface area contributed by atoms with E-state index >= 15 is 0 Å². The van der Waals surface area contributed by atoms with Crippen LogP contribution in [0.2, 0.25) is 0 Å². The Kier molecular flexibility index (Phi) is 12.0. The minimum absolute atomic E-state index is 0.250. The van der Waals surface area contributed by atoms with Gasteiger partial charge >= 0.3 is 0 Å². The maximum atomic E-state index is 9.93. The van der Waals surface area contributed by atoms with Gasteiger partial charge in [-0.2, -0.15) is 0 Å². The number of nitrogens with zero attached hydrogens (tertiary/aromatic N) is 1. The largest absolute Gasteiger partial charge is 0.494 e. The van der Waals surface area contributed by atoms with Crippen LogP contribution in [0.3, 0.4) is 0 Å². The molecule has 0 aromatic heterocycles. The van der Waals surface area contributed by atoms with E-state index in [4.69, 9.17) is 14.6 Å². The maximum absolute atomic E-state index is 9.93. The van der Waals surface area contributed by atoms with Gasteiger partial charge in [0, 0.05) is 13.1 Å². The van der Waals surface area contributed by atoms with Gasteiger partial charge in [-0.15, -0.1) is 0 Å². The Morgan fingerprint density at radius 1 is 1.30 bits per heavy atom. The van der Waals surface area contributed by atoms with Crippen molar-refractivity contribution in [2.75, 3.05) is 19.7 Å². The fraction of sp³-hybridized carbons (Fsp3) is 0.467. The van der Waals surface area contributed by atoms with Gasteiger partial charge in [0.25, 0.3) is 6.47 Å². The normalized spacial score (nSPS) is 15.8. The molecule has 112 valence electrons. The lowest BCUT2D eigenvalue weighted by Crippen LogP contribution is -2.15. The summed E-state index contributed by atoms with van der Waals surface area (Å²) in [4.78, 5) is 20.1. The lowest BCUT2D eigenvalue weighted by molar-refractivity contribution is -0.123. The third-order valence-electron chi connectivity index (χ3n) is 2.56. The lowest BCUT2D eigenvalue weighted by atomic mass is 10.3. The van der Waals surface area contributed by atoms with E-state index in [9.17, 15) is 4.79 Å². The maximum Gasteiger partial charge on any atom is 0.290 e. The Morgan fingerprint density at radius 3 is 2.45 bits per heavy atom. The SMILES string of the molecule is CCOC1=CCC=CC=C1.O=CN1CCCC1.O=CO. The van der Waals surface area contributed by atoms with Crippen LogP contribution in [0.4, 0.5) is 0 Å². The summed E-state index contributed by atoms with van der Waals surface area (Å²) in [6.07, 6.45) is 14.5. The zero-order valence-electron chi connectivity index (χ0n) is 11.9. The molecule has 1 N–H and O–H groups in total. The van der Waals surface area contributed by atoms with Crippen molar-refractivity contribution in [2.45, 2.75) is 26.2 Å². The smallest absolute Gasteiger partial charge is 0.290 e. The topological polar surface area (TPSA) is 66.8 Å². The van der Waals surface area contributed by atoms with E-state index < -0.39 is 0 Å². The molecule has 0 aromatic rings. The van der Waals surface area contributed by atoms with E-state index in [2.05, 4.69) is 12.2 Å². The Hall–Kier alpha value is -2.04. The van der Waals surface area contributed by atoms with E-state index in [-0.39, 0.29) is 6.47 Å².